The molecule has 1 fully saturated rings. The number of fused-ring (bicyclic) bond motifs is 1. The van der Waals surface area contributed by atoms with Gasteiger partial charge in [-0.2, -0.15) is 5.26 Å². The lowest BCUT2D eigenvalue weighted by atomic mass is 9.86. The molecule has 0 unspecified atom stereocenters. The molecule has 0 bridgehead atoms. The van der Waals surface area contributed by atoms with Gasteiger partial charge in [0.25, 0.3) is 5.91 Å². The lowest BCUT2D eigenvalue weighted by Gasteiger charge is -2.33. The van der Waals surface area contributed by atoms with Gasteiger partial charge in [0.1, 0.15) is 0 Å². The second-order valence-corrected chi connectivity index (χ2v) is 12.1. The highest BCUT2D eigenvalue weighted by Crippen LogP contribution is 2.33. The van der Waals surface area contributed by atoms with Gasteiger partial charge < -0.3 is 15.0 Å². The third-order valence-corrected chi connectivity index (χ3v) is 9.36. The number of nitriles is 1. The molecule has 1 atom stereocenters. The fraction of sp³-hybridized carbons (Fsp3) is 0.306. The van der Waals surface area contributed by atoms with Crippen molar-refractivity contribution in [1.82, 2.24) is 10.2 Å². The van der Waals surface area contributed by atoms with E-state index in [9.17, 15) is 14.9 Å². The van der Waals surface area contributed by atoms with Crippen LogP contribution in [0.3, 0.4) is 0 Å². The van der Waals surface area contributed by atoms with Crippen molar-refractivity contribution in [2.75, 3.05) is 33.3 Å². The Bertz CT molecular complexity index is 1690. The molecular formula is C36H35Cl2N3O3. The lowest BCUT2D eigenvalue weighted by Crippen LogP contribution is -2.35. The standard InChI is InChI=1S/C36H35Cl2N3O3/c1-44-36(43)31-9-5-4-7-29(31)26-14-18-41(19-15-26)17-13-25(27-10-11-33(37)34(38)22-27)12-16-40-35(42)32-21-24(23-39)20-28-6-2-3-8-30(28)32/h2-11,20-22,25-26H,12-19H2,1H3,(H,40,42)/t25-/m0/s1. The van der Waals surface area contributed by atoms with E-state index in [0.717, 1.165) is 67.2 Å². The molecule has 0 aromatic heterocycles. The van der Waals surface area contributed by atoms with Crippen molar-refractivity contribution in [1.29, 1.82) is 5.26 Å². The maximum Gasteiger partial charge on any atom is 0.338 e. The van der Waals surface area contributed by atoms with Crippen LogP contribution < -0.4 is 5.32 Å². The summed E-state index contributed by atoms with van der Waals surface area (Å²) in [6.07, 6.45) is 3.56. The quantitative estimate of drug-likeness (QED) is 0.180. The minimum Gasteiger partial charge on any atom is -0.465 e. The Morgan fingerprint density at radius 3 is 2.45 bits per heavy atom. The molecule has 4 aromatic carbocycles. The first-order valence-electron chi connectivity index (χ1n) is 14.9. The topological polar surface area (TPSA) is 82.4 Å². The second-order valence-electron chi connectivity index (χ2n) is 11.3. The summed E-state index contributed by atoms with van der Waals surface area (Å²) in [7, 11) is 1.42. The van der Waals surface area contributed by atoms with Crippen LogP contribution in [0.25, 0.3) is 10.8 Å². The highest BCUT2D eigenvalue weighted by molar-refractivity contribution is 6.42. The highest BCUT2D eigenvalue weighted by Gasteiger charge is 2.25. The summed E-state index contributed by atoms with van der Waals surface area (Å²) in [5.74, 6) is -0.00526. The molecule has 1 heterocycles. The minimum atomic E-state index is -0.287. The van der Waals surface area contributed by atoms with E-state index in [2.05, 4.69) is 16.3 Å². The van der Waals surface area contributed by atoms with Crippen LogP contribution in [-0.4, -0.2) is 50.1 Å². The number of amides is 1. The Morgan fingerprint density at radius 1 is 0.955 bits per heavy atom. The van der Waals surface area contributed by atoms with E-state index in [0.29, 0.717) is 39.2 Å². The first-order valence-corrected chi connectivity index (χ1v) is 15.7. The number of nitrogens with one attached hydrogen (secondary N) is 1. The molecule has 0 radical (unpaired) electrons. The van der Waals surface area contributed by atoms with Crippen LogP contribution in [0.1, 0.15) is 74.9 Å². The second kappa shape index (κ2) is 14.7. The Hall–Kier alpha value is -3.89. The van der Waals surface area contributed by atoms with E-state index in [1.54, 1.807) is 12.1 Å². The molecule has 1 N–H and O–H groups in total. The van der Waals surface area contributed by atoms with Gasteiger partial charge in [-0.25, -0.2) is 4.79 Å². The van der Waals surface area contributed by atoms with Crippen molar-refractivity contribution in [2.24, 2.45) is 0 Å². The number of piperidine rings is 1. The van der Waals surface area contributed by atoms with Crippen molar-refractivity contribution in [3.05, 3.63) is 117 Å². The van der Waals surface area contributed by atoms with E-state index in [1.165, 1.54) is 7.11 Å². The zero-order valence-electron chi connectivity index (χ0n) is 24.7. The summed E-state index contributed by atoms with van der Waals surface area (Å²) < 4.78 is 5.01. The molecule has 0 aliphatic carbocycles. The summed E-state index contributed by atoms with van der Waals surface area (Å²) in [5, 5.41) is 15.3. The van der Waals surface area contributed by atoms with Crippen molar-refractivity contribution >= 4 is 45.9 Å². The first-order chi connectivity index (χ1) is 21.4. The van der Waals surface area contributed by atoms with Crippen LogP contribution in [0.2, 0.25) is 10.0 Å². The molecule has 226 valence electrons. The number of hydrogen-bond acceptors (Lipinski definition) is 5. The average molecular weight is 629 g/mol. The molecule has 4 aromatic rings. The zero-order valence-corrected chi connectivity index (χ0v) is 26.2. The molecule has 1 saturated heterocycles. The SMILES string of the molecule is COC(=O)c1ccccc1C1CCN(CC[C@H](CCNC(=O)c2cc(C#N)cc3ccccc23)c2ccc(Cl)c(Cl)c2)CC1. The lowest BCUT2D eigenvalue weighted by molar-refractivity contribution is 0.0598. The summed E-state index contributed by atoms with van der Waals surface area (Å²) in [5.41, 5.74) is 3.77. The van der Waals surface area contributed by atoms with E-state index in [-0.39, 0.29) is 17.8 Å². The van der Waals surface area contributed by atoms with Crippen molar-refractivity contribution in [3.8, 4) is 6.07 Å². The van der Waals surface area contributed by atoms with Gasteiger partial charge in [0.05, 0.1) is 34.4 Å². The maximum absolute atomic E-state index is 13.3. The number of rotatable bonds is 10. The number of carbonyl (C=O) groups is 2. The summed E-state index contributed by atoms with van der Waals surface area (Å²) in [6.45, 7) is 3.25. The van der Waals surface area contributed by atoms with Crippen molar-refractivity contribution < 1.29 is 14.3 Å². The predicted molar refractivity (Wildman–Crippen MR) is 176 cm³/mol. The first kappa shape index (κ1) is 31.5. The number of halogens is 2. The van der Waals surface area contributed by atoms with Gasteiger partial charge in [0.15, 0.2) is 0 Å². The smallest absolute Gasteiger partial charge is 0.338 e. The van der Waals surface area contributed by atoms with Gasteiger partial charge in [-0.05, 0) is 109 Å². The number of methoxy groups -OCH3 is 1. The Kier molecular flexibility index (Phi) is 10.6. The van der Waals surface area contributed by atoms with Crippen LogP contribution in [0.5, 0.6) is 0 Å². The monoisotopic (exact) mass is 627 g/mol. The van der Waals surface area contributed by atoms with E-state index >= 15 is 0 Å². The largest absolute Gasteiger partial charge is 0.465 e. The Morgan fingerprint density at radius 2 is 1.70 bits per heavy atom. The number of ether oxygens (including phenoxy) is 1. The van der Waals surface area contributed by atoms with E-state index in [1.807, 2.05) is 66.7 Å². The van der Waals surface area contributed by atoms with Gasteiger partial charge in [-0.1, -0.05) is 71.7 Å². The number of esters is 1. The van der Waals surface area contributed by atoms with Crippen molar-refractivity contribution in [3.63, 3.8) is 0 Å². The molecule has 1 aliphatic rings. The van der Waals surface area contributed by atoms with Crippen LogP contribution in [0.4, 0.5) is 0 Å². The number of likely N-dealkylation sites (tertiary alicyclic amines) is 1. The summed E-state index contributed by atoms with van der Waals surface area (Å²) in [6, 6.07) is 26.7. The van der Waals surface area contributed by atoms with Gasteiger partial charge in [0, 0.05) is 12.1 Å². The van der Waals surface area contributed by atoms with Gasteiger partial charge in [0.2, 0.25) is 0 Å². The average Bonchev–Trinajstić information content (AvgIpc) is 3.06. The molecule has 1 aliphatic heterocycles. The number of benzene rings is 4. The molecule has 1 amide bonds. The molecule has 5 rings (SSSR count). The van der Waals surface area contributed by atoms with Gasteiger partial charge >= 0.3 is 5.97 Å². The molecule has 6 nitrogen and oxygen atoms in total. The van der Waals surface area contributed by atoms with Gasteiger partial charge in [-0.15, -0.1) is 0 Å². The van der Waals surface area contributed by atoms with E-state index < -0.39 is 0 Å². The Balaban J connectivity index is 1.23. The number of hydrogen-bond donors (Lipinski definition) is 1. The maximum atomic E-state index is 13.3. The molecule has 8 heteroatoms. The molecule has 44 heavy (non-hydrogen) atoms. The fourth-order valence-corrected chi connectivity index (χ4v) is 6.52. The van der Waals surface area contributed by atoms with Crippen LogP contribution in [0.15, 0.2) is 78.9 Å². The summed E-state index contributed by atoms with van der Waals surface area (Å²) >= 11 is 12.6. The number of carbonyl (C=O) groups excluding carboxylic acids is 2. The zero-order chi connectivity index (χ0) is 31.1. The normalized spacial score (nSPS) is 14.6. The fourth-order valence-electron chi connectivity index (χ4n) is 6.22. The predicted octanol–water partition coefficient (Wildman–Crippen LogP) is 7.98. The molecular weight excluding hydrogens is 593 g/mol. The third-order valence-electron chi connectivity index (χ3n) is 8.62. The van der Waals surface area contributed by atoms with Gasteiger partial charge in [-0.3, -0.25) is 4.79 Å². The van der Waals surface area contributed by atoms with Crippen LogP contribution >= 0.6 is 23.2 Å². The number of nitrogens with zero attached hydrogens (tertiary/aromatic N) is 2. The molecule has 0 saturated carbocycles. The third kappa shape index (κ3) is 7.42. The molecule has 0 spiro atoms. The van der Waals surface area contributed by atoms with Crippen LogP contribution in [-0.2, 0) is 4.74 Å². The van der Waals surface area contributed by atoms with Crippen LogP contribution in [0, 0.1) is 11.3 Å². The summed E-state index contributed by atoms with van der Waals surface area (Å²) in [4.78, 5) is 28.1. The minimum absolute atomic E-state index is 0.157. The highest BCUT2D eigenvalue weighted by atomic mass is 35.5. The Labute approximate surface area is 268 Å². The van der Waals surface area contributed by atoms with Crippen molar-refractivity contribution in [2.45, 2.75) is 37.5 Å². The van der Waals surface area contributed by atoms with E-state index in [4.69, 9.17) is 27.9 Å².